The van der Waals surface area contributed by atoms with Crippen molar-refractivity contribution in [1.29, 1.82) is 0 Å². The Balaban J connectivity index is 1.16. The summed E-state index contributed by atoms with van der Waals surface area (Å²) in [7, 11) is 2.14. The first kappa shape index (κ1) is 27.9. The molecule has 0 unspecified atom stereocenters. The van der Waals surface area contributed by atoms with Crippen LogP contribution in [0.1, 0.15) is 24.0 Å². The Kier molecular flexibility index (Phi) is 7.94. The molecule has 42 heavy (non-hydrogen) atoms. The molecule has 6 rings (SSSR count). The molecule has 4 heterocycles. The van der Waals surface area contributed by atoms with Gasteiger partial charge in [-0.2, -0.15) is 4.98 Å². The molecule has 4 aromatic rings. The van der Waals surface area contributed by atoms with Gasteiger partial charge in [0, 0.05) is 86.4 Å². The van der Waals surface area contributed by atoms with Crippen molar-refractivity contribution in [2.24, 2.45) is 0 Å². The number of hydrogen-bond donors (Lipinski definition) is 2. The molecule has 2 fully saturated rings. The van der Waals surface area contributed by atoms with Crippen LogP contribution in [0.15, 0.2) is 49.4 Å². The van der Waals surface area contributed by atoms with Crippen LogP contribution in [0, 0.1) is 18.6 Å². The zero-order valence-electron chi connectivity index (χ0n) is 23.9. The Bertz CT molecular complexity index is 1570. The predicted molar refractivity (Wildman–Crippen MR) is 164 cm³/mol. The van der Waals surface area contributed by atoms with Crippen molar-refractivity contribution in [1.82, 2.24) is 29.7 Å². The Labute approximate surface area is 244 Å². The van der Waals surface area contributed by atoms with E-state index >= 15 is 8.78 Å². The lowest BCUT2D eigenvalue weighted by molar-refractivity contribution is 0.0980. The summed E-state index contributed by atoms with van der Waals surface area (Å²) in [6.45, 7) is 11.3. The molecule has 2 saturated heterocycles. The minimum absolute atomic E-state index is 0.0255. The highest BCUT2D eigenvalue weighted by atomic mass is 19.1. The van der Waals surface area contributed by atoms with E-state index in [0.29, 0.717) is 30.5 Å². The van der Waals surface area contributed by atoms with Crippen LogP contribution < -0.4 is 15.5 Å². The van der Waals surface area contributed by atoms with Crippen molar-refractivity contribution in [3.05, 3.63) is 72.2 Å². The third kappa shape index (κ3) is 5.75. The van der Waals surface area contributed by atoms with E-state index in [-0.39, 0.29) is 17.3 Å². The summed E-state index contributed by atoms with van der Waals surface area (Å²) >= 11 is 0. The topological polar surface area (TPSA) is 85.3 Å². The minimum atomic E-state index is -0.607. The van der Waals surface area contributed by atoms with Gasteiger partial charge in [0.1, 0.15) is 11.5 Å². The largest absolute Gasteiger partial charge is 0.367 e. The molecule has 11 heteroatoms. The van der Waals surface area contributed by atoms with Crippen LogP contribution in [0.5, 0.6) is 0 Å². The number of anilines is 5. The third-order valence-corrected chi connectivity index (χ3v) is 8.29. The van der Waals surface area contributed by atoms with Gasteiger partial charge in [0.2, 0.25) is 5.95 Å². The molecule has 9 nitrogen and oxygen atoms in total. The first-order valence-corrected chi connectivity index (χ1v) is 14.3. The second kappa shape index (κ2) is 11.9. The summed E-state index contributed by atoms with van der Waals surface area (Å²) < 4.78 is 30.7. The lowest BCUT2D eigenvalue weighted by Crippen LogP contribution is -2.52. The van der Waals surface area contributed by atoms with Gasteiger partial charge < -0.3 is 20.4 Å². The van der Waals surface area contributed by atoms with Crippen molar-refractivity contribution in [2.45, 2.75) is 25.8 Å². The number of hydrogen-bond acceptors (Lipinski definition) is 9. The fourth-order valence-corrected chi connectivity index (χ4v) is 5.85. The Morgan fingerprint density at radius 1 is 0.929 bits per heavy atom. The molecule has 0 aliphatic carbocycles. The number of likely N-dealkylation sites (N-methyl/N-ethyl adjacent to an activating group) is 1. The maximum atomic E-state index is 15.3. The number of benzene rings is 2. The fourth-order valence-electron chi connectivity index (χ4n) is 5.85. The van der Waals surface area contributed by atoms with Crippen LogP contribution >= 0.6 is 0 Å². The summed E-state index contributed by atoms with van der Waals surface area (Å²) in [4.78, 5) is 24.4. The lowest BCUT2D eigenvalue weighted by Gasteiger charge is -2.42. The molecule has 2 aliphatic rings. The van der Waals surface area contributed by atoms with Gasteiger partial charge in [-0.15, -0.1) is 0 Å². The van der Waals surface area contributed by atoms with Gasteiger partial charge in [0.05, 0.1) is 11.0 Å². The molecule has 2 N–H and O–H groups in total. The van der Waals surface area contributed by atoms with Gasteiger partial charge >= 0.3 is 0 Å². The number of aryl methyl sites for hydroxylation is 1. The van der Waals surface area contributed by atoms with Gasteiger partial charge in [0.25, 0.3) is 0 Å². The highest BCUT2D eigenvalue weighted by Crippen LogP contribution is 2.32. The van der Waals surface area contributed by atoms with Crippen LogP contribution in [-0.4, -0.2) is 82.1 Å². The quantitative estimate of drug-likeness (QED) is 0.305. The maximum absolute atomic E-state index is 15.3. The molecule has 2 aromatic carbocycles. The summed E-state index contributed by atoms with van der Waals surface area (Å²) in [5.74, 6) is -0.524. The number of rotatable bonds is 7. The smallest absolute Gasteiger partial charge is 0.229 e. The average Bonchev–Trinajstić information content (AvgIpc) is 2.99. The van der Waals surface area contributed by atoms with E-state index in [2.05, 4.69) is 54.0 Å². The molecule has 0 bridgehead atoms. The molecular weight excluding hydrogens is 536 g/mol. The van der Waals surface area contributed by atoms with E-state index in [1.807, 2.05) is 24.0 Å². The summed E-state index contributed by atoms with van der Waals surface area (Å²) in [6.07, 6.45) is 8.34. The van der Waals surface area contributed by atoms with Gasteiger partial charge in [-0.1, -0.05) is 12.7 Å². The number of piperazine rings is 1. The van der Waals surface area contributed by atoms with Crippen LogP contribution in [0.25, 0.3) is 17.1 Å². The second-order valence-electron chi connectivity index (χ2n) is 11.0. The van der Waals surface area contributed by atoms with Crippen molar-refractivity contribution in [3.8, 4) is 0 Å². The van der Waals surface area contributed by atoms with Gasteiger partial charge in [0.15, 0.2) is 11.6 Å². The first-order valence-electron chi connectivity index (χ1n) is 14.3. The summed E-state index contributed by atoms with van der Waals surface area (Å²) in [5.41, 5.74) is 4.22. The zero-order chi connectivity index (χ0) is 29.2. The molecule has 0 spiro atoms. The van der Waals surface area contributed by atoms with Crippen LogP contribution in [0.3, 0.4) is 0 Å². The van der Waals surface area contributed by atoms with E-state index in [9.17, 15) is 0 Å². The van der Waals surface area contributed by atoms with Crippen molar-refractivity contribution in [3.63, 3.8) is 0 Å². The SMILES string of the molecule is C=Cc1cnc(Nc2cc(F)c(N3CCC(N4CCN(C)CC4)CC3)c(F)c2)nc1Nc1ccc2nccnc2c1C. The van der Waals surface area contributed by atoms with Crippen molar-refractivity contribution in [2.75, 3.05) is 61.8 Å². The lowest BCUT2D eigenvalue weighted by atomic mass is 10.0. The summed E-state index contributed by atoms with van der Waals surface area (Å²) in [5, 5.41) is 6.29. The number of halogens is 2. The van der Waals surface area contributed by atoms with Crippen LogP contribution in [0.2, 0.25) is 0 Å². The molecule has 2 aromatic heterocycles. The van der Waals surface area contributed by atoms with Gasteiger partial charge in [-0.25, -0.2) is 13.8 Å². The molecular formula is C31H35F2N9. The number of aromatic nitrogens is 4. The predicted octanol–water partition coefficient (Wildman–Crippen LogP) is 5.35. The highest BCUT2D eigenvalue weighted by Gasteiger charge is 2.29. The number of piperidine rings is 1. The molecule has 0 radical (unpaired) electrons. The van der Waals surface area contributed by atoms with Crippen molar-refractivity contribution < 1.29 is 8.78 Å². The molecule has 2 aliphatic heterocycles. The van der Waals surface area contributed by atoms with E-state index < -0.39 is 11.6 Å². The molecule has 0 atom stereocenters. The number of fused-ring (bicyclic) bond motifs is 1. The molecule has 0 amide bonds. The van der Waals surface area contributed by atoms with E-state index in [1.54, 1.807) is 24.7 Å². The Hall–Kier alpha value is -4.22. The normalized spacial score (nSPS) is 17.0. The Morgan fingerprint density at radius 3 is 2.36 bits per heavy atom. The first-order chi connectivity index (χ1) is 20.4. The van der Waals surface area contributed by atoms with Crippen LogP contribution in [0.4, 0.5) is 37.6 Å². The van der Waals surface area contributed by atoms with Gasteiger partial charge in [-0.05, 0) is 51.1 Å². The zero-order valence-corrected chi connectivity index (χ0v) is 23.9. The minimum Gasteiger partial charge on any atom is -0.367 e. The standard InChI is InChI=1S/C31H35F2N9/c1-4-21-19-36-31(39-30(21)38-26-5-6-27-28(20(26)2)35-10-9-34-27)37-22-17-24(32)29(25(33)18-22)42-11-7-23(8-12-42)41-15-13-40(3)14-16-41/h4-6,9-10,17-19,23H,1,7-8,11-16H2,2-3H3,(H2,36,37,38,39). The molecule has 0 saturated carbocycles. The number of nitrogens with zero attached hydrogens (tertiary/aromatic N) is 7. The maximum Gasteiger partial charge on any atom is 0.229 e. The van der Waals surface area contributed by atoms with Gasteiger partial charge in [-0.3, -0.25) is 14.9 Å². The fraction of sp³-hybridized carbons (Fsp3) is 0.355. The van der Waals surface area contributed by atoms with E-state index in [1.165, 1.54) is 12.1 Å². The second-order valence-corrected chi connectivity index (χ2v) is 11.0. The van der Waals surface area contributed by atoms with E-state index in [4.69, 9.17) is 0 Å². The Morgan fingerprint density at radius 2 is 1.64 bits per heavy atom. The van der Waals surface area contributed by atoms with E-state index in [0.717, 1.165) is 61.3 Å². The third-order valence-electron chi connectivity index (χ3n) is 8.29. The highest BCUT2D eigenvalue weighted by molar-refractivity contribution is 5.85. The number of nitrogens with one attached hydrogen (secondary N) is 2. The van der Waals surface area contributed by atoms with Crippen LogP contribution in [-0.2, 0) is 0 Å². The average molecular weight is 572 g/mol. The molecule has 218 valence electrons. The van der Waals surface area contributed by atoms with Crippen molar-refractivity contribution >= 4 is 45.9 Å². The monoisotopic (exact) mass is 571 g/mol. The summed E-state index contributed by atoms with van der Waals surface area (Å²) in [6, 6.07) is 6.86.